The fourth-order valence-electron chi connectivity index (χ4n) is 2.03. The van der Waals surface area contributed by atoms with Crippen LogP contribution in [0.25, 0.3) is 5.82 Å². The van der Waals surface area contributed by atoms with Gasteiger partial charge >= 0.3 is 0 Å². The molecule has 108 valence electrons. The summed E-state index contributed by atoms with van der Waals surface area (Å²) < 4.78 is 2.00. The van der Waals surface area contributed by atoms with Crippen molar-refractivity contribution in [2.24, 2.45) is 5.92 Å². The van der Waals surface area contributed by atoms with Crippen LogP contribution in [0.1, 0.15) is 32.2 Å². The molecule has 20 heavy (non-hydrogen) atoms. The number of nitrogens with zero attached hydrogens (tertiary/aromatic N) is 3. The summed E-state index contributed by atoms with van der Waals surface area (Å²) in [6.45, 7) is 8.18. The molecule has 2 heterocycles. The van der Waals surface area contributed by atoms with E-state index in [9.17, 15) is 0 Å². The van der Waals surface area contributed by atoms with Crippen LogP contribution in [0.5, 0.6) is 0 Å². The molecule has 0 saturated heterocycles. The number of halogens is 1. The number of hydrogen-bond donors (Lipinski definition) is 1. The number of imidazole rings is 1. The van der Waals surface area contributed by atoms with Crippen molar-refractivity contribution in [3.63, 3.8) is 0 Å². The monoisotopic (exact) mass is 292 g/mol. The highest BCUT2D eigenvalue weighted by atomic mass is 35.5. The lowest BCUT2D eigenvalue weighted by Gasteiger charge is -2.11. The summed E-state index contributed by atoms with van der Waals surface area (Å²) >= 11 is 6.22. The Labute approximate surface area is 125 Å². The number of rotatable bonds is 6. The molecule has 0 aromatic carbocycles. The first-order valence-electron chi connectivity index (χ1n) is 6.99. The van der Waals surface area contributed by atoms with Crippen molar-refractivity contribution in [3.05, 3.63) is 41.1 Å². The molecule has 0 aliphatic carbocycles. The van der Waals surface area contributed by atoms with E-state index in [1.54, 1.807) is 12.4 Å². The van der Waals surface area contributed by atoms with E-state index in [2.05, 4.69) is 36.1 Å². The van der Waals surface area contributed by atoms with Crippen LogP contribution in [-0.2, 0) is 13.0 Å². The minimum atomic E-state index is 0.621. The molecule has 0 spiro atoms. The lowest BCUT2D eigenvalue weighted by Crippen LogP contribution is -2.19. The van der Waals surface area contributed by atoms with Crippen LogP contribution in [0.15, 0.2) is 24.7 Å². The van der Waals surface area contributed by atoms with E-state index in [4.69, 9.17) is 11.6 Å². The summed E-state index contributed by atoms with van der Waals surface area (Å²) in [5.41, 5.74) is 1.06. The minimum absolute atomic E-state index is 0.621. The van der Waals surface area contributed by atoms with Gasteiger partial charge in [0.25, 0.3) is 0 Å². The minimum Gasteiger partial charge on any atom is -0.312 e. The van der Waals surface area contributed by atoms with E-state index in [-0.39, 0.29) is 0 Å². The second-order valence-corrected chi connectivity index (χ2v) is 5.63. The molecule has 2 aromatic rings. The molecular weight excluding hydrogens is 272 g/mol. The number of aromatic nitrogens is 3. The van der Waals surface area contributed by atoms with Gasteiger partial charge in [-0.15, -0.1) is 0 Å². The lowest BCUT2D eigenvalue weighted by atomic mass is 10.2. The molecule has 2 rings (SSSR count). The molecule has 0 bridgehead atoms. The maximum Gasteiger partial charge on any atom is 0.138 e. The van der Waals surface area contributed by atoms with Gasteiger partial charge in [-0.3, -0.25) is 4.57 Å². The van der Waals surface area contributed by atoms with Gasteiger partial charge < -0.3 is 5.32 Å². The molecule has 0 unspecified atom stereocenters. The summed E-state index contributed by atoms with van der Waals surface area (Å²) in [6.07, 6.45) is 6.31. The Morgan fingerprint density at radius 2 is 2.15 bits per heavy atom. The predicted molar refractivity (Wildman–Crippen MR) is 82.3 cm³/mol. The lowest BCUT2D eigenvalue weighted by molar-refractivity contribution is 0.552. The van der Waals surface area contributed by atoms with Crippen molar-refractivity contribution in [3.8, 4) is 5.82 Å². The summed E-state index contributed by atoms with van der Waals surface area (Å²) in [4.78, 5) is 8.72. The number of pyridine rings is 1. The van der Waals surface area contributed by atoms with E-state index < -0.39 is 0 Å². The zero-order valence-corrected chi connectivity index (χ0v) is 13.0. The maximum atomic E-state index is 6.22. The van der Waals surface area contributed by atoms with Gasteiger partial charge in [0.1, 0.15) is 11.6 Å². The van der Waals surface area contributed by atoms with Gasteiger partial charge in [0.05, 0.1) is 5.02 Å². The Morgan fingerprint density at radius 3 is 2.85 bits per heavy atom. The maximum absolute atomic E-state index is 6.22. The molecule has 0 saturated carbocycles. The summed E-state index contributed by atoms with van der Waals surface area (Å²) in [5.74, 6) is 2.49. The quantitative estimate of drug-likeness (QED) is 0.889. The van der Waals surface area contributed by atoms with Gasteiger partial charge in [-0.05, 0) is 24.1 Å². The topological polar surface area (TPSA) is 42.7 Å². The third-order valence-electron chi connectivity index (χ3n) is 3.07. The van der Waals surface area contributed by atoms with Crippen LogP contribution in [0.4, 0.5) is 0 Å². The van der Waals surface area contributed by atoms with Crippen molar-refractivity contribution in [1.29, 1.82) is 0 Å². The van der Waals surface area contributed by atoms with E-state index in [0.717, 1.165) is 36.7 Å². The molecule has 0 fully saturated rings. The summed E-state index contributed by atoms with van der Waals surface area (Å²) in [5, 5.41) is 4.10. The van der Waals surface area contributed by atoms with E-state index >= 15 is 0 Å². The number of hydrogen-bond acceptors (Lipinski definition) is 3. The van der Waals surface area contributed by atoms with Crippen molar-refractivity contribution >= 4 is 11.6 Å². The molecule has 5 heteroatoms. The molecule has 4 nitrogen and oxygen atoms in total. The molecule has 2 aromatic heterocycles. The van der Waals surface area contributed by atoms with Gasteiger partial charge in [0.2, 0.25) is 0 Å². The smallest absolute Gasteiger partial charge is 0.138 e. The Balaban J connectivity index is 2.20. The van der Waals surface area contributed by atoms with E-state index in [0.29, 0.717) is 10.9 Å². The highest BCUT2D eigenvalue weighted by Gasteiger charge is 2.08. The first kappa shape index (κ1) is 15.0. The average molecular weight is 293 g/mol. The third-order valence-corrected chi connectivity index (χ3v) is 3.41. The predicted octanol–water partition coefficient (Wildman–Crippen LogP) is 3.23. The summed E-state index contributed by atoms with van der Waals surface area (Å²) in [6, 6.07) is 2.02. The fourth-order valence-corrected chi connectivity index (χ4v) is 2.21. The van der Waals surface area contributed by atoms with Gasteiger partial charge in [-0.1, -0.05) is 32.4 Å². The van der Waals surface area contributed by atoms with Crippen LogP contribution >= 0.6 is 11.6 Å². The zero-order chi connectivity index (χ0) is 14.5. The van der Waals surface area contributed by atoms with Gasteiger partial charge in [0, 0.05) is 31.6 Å². The second-order valence-electron chi connectivity index (χ2n) is 5.23. The Kier molecular flexibility index (Phi) is 5.15. The molecule has 0 amide bonds. The number of nitrogens with one attached hydrogen (secondary N) is 1. The SMILES string of the molecule is CCc1nccn1-c1cc(CNCC(C)C)c(Cl)cn1. The van der Waals surface area contributed by atoms with E-state index in [1.807, 2.05) is 16.8 Å². The standard InChI is InChI=1S/C15H21ClN4/c1-4-14-18-5-6-20(14)15-7-12(13(16)10-19-15)9-17-8-11(2)3/h5-7,10-11,17H,4,8-9H2,1-3H3. The van der Waals surface area contributed by atoms with Crippen LogP contribution < -0.4 is 5.32 Å². The zero-order valence-electron chi connectivity index (χ0n) is 12.2. The van der Waals surface area contributed by atoms with Crippen molar-refractivity contribution in [2.45, 2.75) is 33.7 Å². The summed E-state index contributed by atoms with van der Waals surface area (Å²) in [7, 11) is 0. The third kappa shape index (κ3) is 3.58. The van der Waals surface area contributed by atoms with Crippen LogP contribution in [0.3, 0.4) is 0 Å². The molecular formula is C15H21ClN4. The average Bonchev–Trinajstić information content (AvgIpc) is 2.89. The normalized spacial score (nSPS) is 11.2. The van der Waals surface area contributed by atoms with Crippen LogP contribution in [0.2, 0.25) is 5.02 Å². The molecule has 0 aliphatic heterocycles. The van der Waals surface area contributed by atoms with Crippen molar-refractivity contribution in [1.82, 2.24) is 19.9 Å². The Bertz CT molecular complexity index is 563. The van der Waals surface area contributed by atoms with Gasteiger partial charge in [-0.25, -0.2) is 9.97 Å². The van der Waals surface area contributed by atoms with Gasteiger partial charge in [-0.2, -0.15) is 0 Å². The molecule has 1 N–H and O–H groups in total. The highest BCUT2D eigenvalue weighted by molar-refractivity contribution is 6.31. The van der Waals surface area contributed by atoms with Crippen molar-refractivity contribution in [2.75, 3.05) is 6.54 Å². The largest absolute Gasteiger partial charge is 0.312 e. The Hall–Kier alpha value is -1.39. The number of aryl methyl sites for hydroxylation is 1. The fraction of sp³-hybridized carbons (Fsp3) is 0.467. The second kappa shape index (κ2) is 6.86. The first-order chi connectivity index (χ1) is 9.61. The van der Waals surface area contributed by atoms with Crippen molar-refractivity contribution < 1.29 is 0 Å². The highest BCUT2D eigenvalue weighted by Crippen LogP contribution is 2.18. The van der Waals surface area contributed by atoms with Crippen LogP contribution in [-0.4, -0.2) is 21.1 Å². The van der Waals surface area contributed by atoms with Crippen LogP contribution in [0, 0.1) is 5.92 Å². The molecule has 0 atom stereocenters. The molecule has 0 aliphatic rings. The molecule has 0 radical (unpaired) electrons. The van der Waals surface area contributed by atoms with E-state index in [1.165, 1.54) is 0 Å². The van der Waals surface area contributed by atoms with Gasteiger partial charge in [0.15, 0.2) is 0 Å². The first-order valence-corrected chi connectivity index (χ1v) is 7.37. The Morgan fingerprint density at radius 1 is 1.35 bits per heavy atom.